The minimum atomic E-state index is -1.15. The Bertz CT molecular complexity index is 903. The normalized spacial score (nSPS) is 18.1. The number of pyridine rings is 1. The summed E-state index contributed by atoms with van der Waals surface area (Å²) in [6.07, 6.45) is -0.444. The first-order chi connectivity index (χ1) is 13.2. The summed E-state index contributed by atoms with van der Waals surface area (Å²) in [5.41, 5.74) is -1.70. The fourth-order valence-electron chi connectivity index (χ4n) is 2.73. The van der Waals surface area contributed by atoms with Crippen molar-refractivity contribution in [2.75, 3.05) is 20.3 Å². The molecule has 9 heteroatoms. The maximum atomic E-state index is 14.9. The zero-order valence-electron chi connectivity index (χ0n) is 15.4. The summed E-state index contributed by atoms with van der Waals surface area (Å²) >= 11 is 0. The standard InChI is InChI=1S/C19H18F3NO5/c1-19(2)27-9-10(28-19)8-26-14-7-5-11(20)15(16(14)22)17-12(21)4-6-13(23-17)18(24)25-3/h4-7,10H,8-9H2,1-3H3. The summed E-state index contributed by atoms with van der Waals surface area (Å²) in [5, 5.41) is 0. The van der Waals surface area contributed by atoms with Gasteiger partial charge >= 0.3 is 5.97 Å². The van der Waals surface area contributed by atoms with Gasteiger partial charge in [0.15, 0.2) is 17.4 Å². The molecular weight excluding hydrogens is 379 g/mol. The smallest absolute Gasteiger partial charge is 0.356 e. The summed E-state index contributed by atoms with van der Waals surface area (Å²) in [7, 11) is 1.11. The largest absolute Gasteiger partial charge is 0.488 e. The highest BCUT2D eigenvalue weighted by atomic mass is 19.1. The number of benzene rings is 1. The lowest BCUT2D eigenvalue weighted by atomic mass is 10.1. The Balaban J connectivity index is 1.90. The minimum absolute atomic E-state index is 0.0521. The molecule has 0 aliphatic carbocycles. The molecule has 1 atom stereocenters. The van der Waals surface area contributed by atoms with Crippen LogP contribution in [0.1, 0.15) is 24.3 Å². The van der Waals surface area contributed by atoms with E-state index in [-0.39, 0.29) is 24.7 Å². The van der Waals surface area contributed by atoms with Crippen molar-refractivity contribution in [1.29, 1.82) is 0 Å². The molecule has 2 heterocycles. The van der Waals surface area contributed by atoms with Gasteiger partial charge < -0.3 is 18.9 Å². The Morgan fingerprint density at radius 3 is 2.57 bits per heavy atom. The van der Waals surface area contributed by atoms with E-state index in [0.717, 1.165) is 31.4 Å². The second-order valence-electron chi connectivity index (χ2n) is 6.51. The molecule has 0 bridgehead atoms. The van der Waals surface area contributed by atoms with Crippen LogP contribution < -0.4 is 4.74 Å². The van der Waals surface area contributed by atoms with Gasteiger partial charge in [-0.25, -0.2) is 22.9 Å². The highest BCUT2D eigenvalue weighted by Gasteiger charge is 2.33. The molecule has 1 aromatic heterocycles. The predicted molar refractivity (Wildman–Crippen MR) is 91.3 cm³/mol. The van der Waals surface area contributed by atoms with Crippen molar-refractivity contribution in [3.05, 3.63) is 47.4 Å². The molecule has 1 unspecified atom stereocenters. The van der Waals surface area contributed by atoms with Crippen LogP contribution in [0.2, 0.25) is 0 Å². The lowest BCUT2D eigenvalue weighted by molar-refractivity contribution is -0.141. The predicted octanol–water partition coefficient (Wildman–Crippen LogP) is 3.48. The second-order valence-corrected chi connectivity index (χ2v) is 6.51. The lowest BCUT2D eigenvalue weighted by Crippen LogP contribution is -2.25. The van der Waals surface area contributed by atoms with E-state index in [0.29, 0.717) is 0 Å². The molecule has 3 rings (SSSR count). The van der Waals surface area contributed by atoms with E-state index in [1.807, 2.05) is 0 Å². The minimum Gasteiger partial charge on any atom is -0.488 e. The molecule has 150 valence electrons. The zero-order valence-corrected chi connectivity index (χ0v) is 15.4. The molecule has 0 amide bonds. The first-order valence-electron chi connectivity index (χ1n) is 8.39. The number of hydrogen-bond donors (Lipinski definition) is 0. The van der Waals surface area contributed by atoms with Crippen LogP contribution in [0.5, 0.6) is 5.75 Å². The van der Waals surface area contributed by atoms with Crippen molar-refractivity contribution in [2.24, 2.45) is 0 Å². The molecule has 1 aromatic carbocycles. The third-order valence-electron chi connectivity index (χ3n) is 4.03. The Morgan fingerprint density at radius 2 is 1.93 bits per heavy atom. The van der Waals surface area contributed by atoms with Gasteiger partial charge in [-0.15, -0.1) is 0 Å². The van der Waals surface area contributed by atoms with Crippen LogP contribution >= 0.6 is 0 Å². The zero-order chi connectivity index (χ0) is 20.5. The highest BCUT2D eigenvalue weighted by Crippen LogP contribution is 2.33. The summed E-state index contributed by atoms with van der Waals surface area (Å²) < 4.78 is 64.2. The van der Waals surface area contributed by atoms with E-state index in [4.69, 9.17) is 14.2 Å². The van der Waals surface area contributed by atoms with E-state index in [1.54, 1.807) is 13.8 Å². The van der Waals surface area contributed by atoms with Crippen LogP contribution in [0.25, 0.3) is 11.3 Å². The van der Waals surface area contributed by atoms with Crippen molar-refractivity contribution in [3.63, 3.8) is 0 Å². The number of aromatic nitrogens is 1. The molecule has 2 aromatic rings. The number of carbonyl (C=O) groups excluding carboxylic acids is 1. The van der Waals surface area contributed by atoms with Crippen LogP contribution in [-0.4, -0.2) is 43.2 Å². The quantitative estimate of drug-likeness (QED) is 0.720. The molecule has 0 radical (unpaired) electrons. The van der Waals surface area contributed by atoms with E-state index in [2.05, 4.69) is 9.72 Å². The molecule has 28 heavy (non-hydrogen) atoms. The summed E-state index contributed by atoms with van der Waals surface area (Å²) in [5.74, 6) is -5.16. The van der Waals surface area contributed by atoms with Crippen LogP contribution in [0, 0.1) is 17.5 Å². The SMILES string of the molecule is COC(=O)c1ccc(F)c(-c2c(F)ccc(OCC3COC(C)(C)O3)c2F)n1. The molecule has 0 spiro atoms. The maximum absolute atomic E-state index is 14.9. The first kappa shape index (κ1) is 20.1. The van der Waals surface area contributed by atoms with Gasteiger partial charge in [-0.05, 0) is 38.1 Å². The van der Waals surface area contributed by atoms with Crippen LogP contribution in [0.15, 0.2) is 24.3 Å². The van der Waals surface area contributed by atoms with E-state index < -0.39 is 46.6 Å². The van der Waals surface area contributed by atoms with Crippen molar-refractivity contribution in [1.82, 2.24) is 4.98 Å². The van der Waals surface area contributed by atoms with Gasteiger partial charge in [-0.3, -0.25) is 0 Å². The topological polar surface area (TPSA) is 66.9 Å². The van der Waals surface area contributed by atoms with Crippen molar-refractivity contribution < 1.29 is 36.9 Å². The monoisotopic (exact) mass is 397 g/mol. The molecule has 1 fully saturated rings. The third-order valence-corrected chi connectivity index (χ3v) is 4.03. The van der Waals surface area contributed by atoms with E-state index in [1.165, 1.54) is 0 Å². The molecule has 1 aliphatic rings. The number of methoxy groups -OCH3 is 1. The summed E-state index contributed by atoms with van der Waals surface area (Å²) in [4.78, 5) is 15.3. The summed E-state index contributed by atoms with van der Waals surface area (Å²) in [6, 6.07) is 3.94. The Kier molecular flexibility index (Phi) is 5.57. The van der Waals surface area contributed by atoms with Crippen molar-refractivity contribution in [3.8, 4) is 17.0 Å². The fourth-order valence-corrected chi connectivity index (χ4v) is 2.73. The molecule has 6 nitrogen and oxygen atoms in total. The number of nitrogens with zero attached hydrogens (tertiary/aromatic N) is 1. The Labute approximate surface area is 159 Å². The van der Waals surface area contributed by atoms with Crippen LogP contribution in [0.3, 0.4) is 0 Å². The second kappa shape index (κ2) is 7.76. The van der Waals surface area contributed by atoms with Gasteiger partial charge in [0.2, 0.25) is 0 Å². The third kappa shape index (κ3) is 4.10. The molecule has 1 aliphatic heterocycles. The van der Waals surface area contributed by atoms with Gasteiger partial charge in [0.25, 0.3) is 0 Å². The molecule has 0 saturated carbocycles. The Morgan fingerprint density at radius 1 is 1.21 bits per heavy atom. The van der Waals surface area contributed by atoms with Crippen molar-refractivity contribution >= 4 is 5.97 Å². The number of esters is 1. The average Bonchev–Trinajstić information content (AvgIpc) is 3.00. The van der Waals surface area contributed by atoms with E-state index >= 15 is 0 Å². The van der Waals surface area contributed by atoms with Crippen molar-refractivity contribution in [2.45, 2.75) is 25.7 Å². The maximum Gasteiger partial charge on any atom is 0.356 e. The highest BCUT2D eigenvalue weighted by molar-refractivity contribution is 5.88. The van der Waals surface area contributed by atoms with E-state index in [9.17, 15) is 18.0 Å². The van der Waals surface area contributed by atoms with Gasteiger partial charge in [-0.2, -0.15) is 0 Å². The lowest BCUT2D eigenvalue weighted by Gasteiger charge is -2.17. The Hall–Kier alpha value is -2.65. The first-order valence-corrected chi connectivity index (χ1v) is 8.39. The van der Waals surface area contributed by atoms with Gasteiger partial charge in [-0.1, -0.05) is 0 Å². The number of halogens is 3. The van der Waals surface area contributed by atoms with Gasteiger partial charge in [0.05, 0.1) is 19.3 Å². The average molecular weight is 397 g/mol. The van der Waals surface area contributed by atoms with Gasteiger partial charge in [0.1, 0.15) is 35.7 Å². The number of carbonyl (C=O) groups is 1. The molecule has 1 saturated heterocycles. The van der Waals surface area contributed by atoms with Crippen LogP contribution in [-0.2, 0) is 14.2 Å². The molecular formula is C19H18F3NO5. The number of ether oxygens (including phenoxy) is 4. The number of hydrogen-bond acceptors (Lipinski definition) is 6. The molecule has 0 N–H and O–H groups in total. The fraction of sp³-hybridized carbons (Fsp3) is 0.368. The summed E-state index contributed by atoms with van der Waals surface area (Å²) in [6.45, 7) is 3.65. The number of rotatable bonds is 5. The van der Waals surface area contributed by atoms with Crippen LogP contribution in [0.4, 0.5) is 13.2 Å². The van der Waals surface area contributed by atoms with Gasteiger partial charge in [0, 0.05) is 0 Å².